The molecule has 0 aliphatic heterocycles. The molecule has 0 aromatic heterocycles. The number of hydrogen-bond donors (Lipinski definition) is 1. The Morgan fingerprint density at radius 2 is 2.05 bits per heavy atom. The van der Waals surface area contributed by atoms with Crippen LogP contribution in [0.2, 0.25) is 0 Å². The first kappa shape index (κ1) is 14.8. The molecule has 0 aliphatic carbocycles. The van der Waals surface area contributed by atoms with Crippen LogP contribution in [0.5, 0.6) is 5.75 Å². The molecule has 1 aromatic carbocycles. The number of para-hydroxylation sites is 2. The number of amides is 1. The lowest BCUT2D eigenvalue weighted by molar-refractivity contribution is -0.142. The Labute approximate surface area is 112 Å². The summed E-state index contributed by atoms with van der Waals surface area (Å²) >= 11 is 0. The maximum Gasteiger partial charge on any atom is 0.330 e. The fourth-order valence-corrected chi connectivity index (χ4v) is 1.33. The van der Waals surface area contributed by atoms with Gasteiger partial charge in [0.15, 0.2) is 6.61 Å². The predicted octanol–water partition coefficient (Wildman–Crippen LogP) is 2.14. The van der Waals surface area contributed by atoms with Crippen molar-refractivity contribution in [3.8, 4) is 5.75 Å². The van der Waals surface area contributed by atoms with E-state index in [1.54, 1.807) is 30.3 Å². The molecule has 0 saturated heterocycles. The summed E-state index contributed by atoms with van der Waals surface area (Å²) in [5.74, 6) is -0.396. The van der Waals surface area contributed by atoms with Crippen LogP contribution in [-0.2, 0) is 14.3 Å². The van der Waals surface area contributed by atoms with Gasteiger partial charge in [-0.05, 0) is 18.6 Å². The first-order chi connectivity index (χ1) is 9.17. The van der Waals surface area contributed by atoms with Gasteiger partial charge in [0.1, 0.15) is 5.75 Å². The predicted molar refractivity (Wildman–Crippen MR) is 72.0 cm³/mol. The topological polar surface area (TPSA) is 64.6 Å². The normalized spacial score (nSPS) is 10.2. The zero-order valence-corrected chi connectivity index (χ0v) is 11.0. The van der Waals surface area contributed by atoms with Gasteiger partial charge in [-0.2, -0.15) is 0 Å². The lowest BCUT2D eigenvalue weighted by Crippen LogP contribution is -2.20. The molecule has 19 heavy (non-hydrogen) atoms. The van der Waals surface area contributed by atoms with E-state index in [4.69, 9.17) is 9.47 Å². The minimum absolute atomic E-state index is 0.328. The molecule has 5 heteroatoms. The van der Waals surface area contributed by atoms with Crippen molar-refractivity contribution in [1.82, 2.24) is 0 Å². The second-order valence-corrected chi connectivity index (χ2v) is 3.67. The van der Waals surface area contributed by atoms with Crippen molar-refractivity contribution in [3.05, 3.63) is 36.4 Å². The molecule has 0 spiro atoms. The van der Waals surface area contributed by atoms with Crippen LogP contribution < -0.4 is 10.1 Å². The highest BCUT2D eigenvalue weighted by molar-refractivity contribution is 5.94. The number of allylic oxidation sites excluding steroid dienone is 1. The summed E-state index contributed by atoms with van der Waals surface area (Å²) in [7, 11) is 1.51. The van der Waals surface area contributed by atoms with Crippen LogP contribution >= 0.6 is 0 Å². The van der Waals surface area contributed by atoms with Gasteiger partial charge in [-0.1, -0.05) is 25.1 Å². The standard InChI is InChI=1S/C14H17NO4/c1-3-4-9-14(17)19-10-13(16)15-11-7-5-6-8-12(11)18-2/h4-9H,3,10H2,1-2H3,(H,15,16)/b9-4+. The number of esters is 1. The molecule has 0 fully saturated rings. The largest absolute Gasteiger partial charge is 0.495 e. The fraction of sp³-hybridized carbons (Fsp3) is 0.286. The number of hydrogen-bond acceptors (Lipinski definition) is 4. The SMILES string of the molecule is CC/C=C/C(=O)OCC(=O)Nc1ccccc1OC. The molecule has 0 radical (unpaired) electrons. The number of carbonyl (C=O) groups excluding carboxylic acids is 2. The van der Waals surface area contributed by atoms with Crippen molar-refractivity contribution in [2.45, 2.75) is 13.3 Å². The summed E-state index contributed by atoms with van der Waals surface area (Å²) in [5, 5.41) is 2.61. The zero-order chi connectivity index (χ0) is 14.1. The third kappa shape index (κ3) is 5.25. The van der Waals surface area contributed by atoms with Crippen molar-refractivity contribution in [3.63, 3.8) is 0 Å². The molecule has 0 aliphatic rings. The number of ether oxygens (including phenoxy) is 2. The third-order valence-corrected chi connectivity index (χ3v) is 2.22. The second kappa shape index (κ2) is 7.92. The van der Waals surface area contributed by atoms with Gasteiger partial charge in [-0.15, -0.1) is 0 Å². The quantitative estimate of drug-likeness (QED) is 0.631. The number of rotatable bonds is 6. The summed E-state index contributed by atoms with van der Waals surface area (Å²) in [5.41, 5.74) is 0.537. The van der Waals surface area contributed by atoms with Gasteiger partial charge in [0.2, 0.25) is 0 Å². The molecule has 1 aromatic rings. The van der Waals surface area contributed by atoms with E-state index in [0.29, 0.717) is 11.4 Å². The van der Waals surface area contributed by atoms with E-state index in [1.165, 1.54) is 13.2 Å². The lowest BCUT2D eigenvalue weighted by atomic mass is 10.3. The van der Waals surface area contributed by atoms with Gasteiger partial charge >= 0.3 is 5.97 Å². The lowest BCUT2D eigenvalue weighted by Gasteiger charge is -2.09. The Balaban J connectivity index is 2.47. The molecular weight excluding hydrogens is 246 g/mol. The maximum atomic E-state index is 11.6. The van der Waals surface area contributed by atoms with Crippen LogP contribution in [-0.4, -0.2) is 25.6 Å². The molecule has 5 nitrogen and oxygen atoms in total. The Hall–Kier alpha value is -2.30. The summed E-state index contributed by atoms with van der Waals surface area (Å²) in [6.07, 6.45) is 3.71. The Morgan fingerprint density at radius 3 is 2.74 bits per heavy atom. The molecule has 0 saturated carbocycles. The van der Waals surface area contributed by atoms with Crippen LogP contribution in [0, 0.1) is 0 Å². The minimum Gasteiger partial charge on any atom is -0.495 e. The molecule has 1 amide bonds. The number of methoxy groups -OCH3 is 1. The fourth-order valence-electron chi connectivity index (χ4n) is 1.33. The first-order valence-corrected chi connectivity index (χ1v) is 5.93. The summed E-state index contributed by atoms with van der Waals surface area (Å²) in [4.78, 5) is 22.8. The Bertz CT molecular complexity index is 468. The molecule has 0 heterocycles. The Kier molecular flexibility index (Phi) is 6.15. The van der Waals surface area contributed by atoms with Crippen molar-refractivity contribution in [2.24, 2.45) is 0 Å². The summed E-state index contributed by atoms with van der Waals surface area (Å²) in [6, 6.07) is 7.00. The molecular formula is C14H17NO4. The maximum absolute atomic E-state index is 11.6. The third-order valence-electron chi connectivity index (χ3n) is 2.22. The summed E-state index contributed by atoms with van der Waals surface area (Å²) < 4.78 is 9.86. The average molecular weight is 263 g/mol. The second-order valence-electron chi connectivity index (χ2n) is 3.67. The van der Waals surface area contributed by atoms with E-state index in [-0.39, 0.29) is 6.61 Å². The molecule has 0 unspecified atom stereocenters. The zero-order valence-electron chi connectivity index (χ0n) is 11.0. The van der Waals surface area contributed by atoms with Gasteiger partial charge < -0.3 is 14.8 Å². The van der Waals surface area contributed by atoms with Gasteiger partial charge in [0.25, 0.3) is 5.91 Å². The van der Waals surface area contributed by atoms with E-state index in [0.717, 1.165) is 6.42 Å². The van der Waals surface area contributed by atoms with E-state index < -0.39 is 11.9 Å². The van der Waals surface area contributed by atoms with Crippen LogP contribution in [0.25, 0.3) is 0 Å². The number of benzene rings is 1. The first-order valence-electron chi connectivity index (χ1n) is 5.93. The highest BCUT2D eigenvalue weighted by Gasteiger charge is 2.08. The monoisotopic (exact) mass is 263 g/mol. The Morgan fingerprint density at radius 1 is 1.32 bits per heavy atom. The minimum atomic E-state index is -0.531. The van der Waals surface area contributed by atoms with Crippen molar-refractivity contribution in [1.29, 1.82) is 0 Å². The van der Waals surface area contributed by atoms with Crippen LogP contribution in [0.15, 0.2) is 36.4 Å². The number of anilines is 1. The van der Waals surface area contributed by atoms with Crippen molar-refractivity contribution < 1.29 is 19.1 Å². The molecule has 0 atom stereocenters. The average Bonchev–Trinajstić information content (AvgIpc) is 2.43. The number of nitrogens with one attached hydrogen (secondary N) is 1. The van der Waals surface area contributed by atoms with Crippen LogP contribution in [0.4, 0.5) is 5.69 Å². The van der Waals surface area contributed by atoms with Gasteiger partial charge in [-0.25, -0.2) is 4.79 Å². The van der Waals surface area contributed by atoms with E-state index in [9.17, 15) is 9.59 Å². The van der Waals surface area contributed by atoms with E-state index in [1.807, 2.05) is 6.92 Å². The van der Waals surface area contributed by atoms with Gasteiger partial charge in [0, 0.05) is 6.08 Å². The molecule has 1 N–H and O–H groups in total. The molecule has 0 bridgehead atoms. The smallest absolute Gasteiger partial charge is 0.330 e. The van der Waals surface area contributed by atoms with Crippen LogP contribution in [0.1, 0.15) is 13.3 Å². The van der Waals surface area contributed by atoms with Crippen LogP contribution in [0.3, 0.4) is 0 Å². The van der Waals surface area contributed by atoms with E-state index >= 15 is 0 Å². The molecule has 102 valence electrons. The van der Waals surface area contributed by atoms with Gasteiger partial charge in [-0.3, -0.25) is 4.79 Å². The highest BCUT2D eigenvalue weighted by Crippen LogP contribution is 2.22. The van der Waals surface area contributed by atoms with E-state index in [2.05, 4.69) is 5.32 Å². The van der Waals surface area contributed by atoms with Crippen molar-refractivity contribution in [2.75, 3.05) is 19.0 Å². The number of carbonyl (C=O) groups is 2. The van der Waals surface area contributed by atoms with Gasteiger partial charge in [0.05, 0.1) is 12.8 Å². The summed E-state index contributed by atoms with van der Waals surface area (Å²) in [6.45, 7) is 1.57. The van der Waals surface area contributed by atoms with Crippen molar-refractivity contribution >= 4 is 17.6 Å². The highest BCUT2D eigenvalue weighted by atomic mass is 16.5. The molecule has 1 rings (SSSR count).